The predicted octanol–water partition coefficient (Wildman–Crippen LogP) is 4.86. The summed E-state index contributed by atoms with van der Waals surface area (Å²) in [5, 5.41) is 15.2. The number of halogens is 2. The number of aromatic nitrogens is 1. The van der Waals surface area contributed by atoms with Gasteiger partial charge < -0.3 is 30.4 Å². The van der Waals surface area contributed by atoms with Gasteiger partial charge in [-0.25, -0.2) is 13.8 Å². The Bertz CT molecular complexity index is 1580. The molecule has 9 nitrogen and oxygen atoms in total. The number of carbonyl (C=O) groups excluding carboxylic acids is 2. The van der Waals surface area contributed by atoms with Gasteiger partial charge in [-0.05, 0) is 74.7 Å². The SMILES string of the molecule is CCCN(CCC)C(=O)C1=CC(c2ncco2)=CC(C(N)=O)([C@H](Cc2cc(F)cc(F)c2)[C@@H](O)CNCc2cccc(CN(C)C)c2)C1. The average Bonchev–Trinajstić information content (AvgIpc) is 3.58. The van der Waals surface area contributed by atoms with Gasteiger partial charge in [0.05, 0.1) is 17.7 Å². The van der Waals surface area contributed by atoms with E-state index in [1.807, 2.05) is 46.1 Å². The van der Waals surface area contributed by atoms with Gasteiger partial charge in [0.25, 0.3) is 0 Å². The number of primary amides is 1. The third-order valence-corrected chi connectivity index (χ3v) is 8.59. The molecule has 1 heterocycles. The summed E-state index contributed by atoms with van der Waals surface area (Å²) in [7, 11) is 3.99. The van der Waals surface area contributed by atoms with Crippen molar-refractivity contribution in [3.8, 4) is 0 Å². The van der Waals surface area contributed by atoms with Gasteiger partial charge in [-0.3, -0.25) is 9.59 Å². The molecule has 4 rings (SSSR count). The highest BCUT2D eigenvalue weighted by Gasteiger charge is 2.49. The molecule has 4 N–H and O–H groups in total. The Morgan fingerprint density at radius 1 is 1.06 bits per heavy atom. The molecule has 0 fully saturated rings. The lowest BCUT2D eigenvalue weighted by Gasteiger charge is -2.42. The summed E-state index contributed by atoms with van der Waals surface area (Å²) in [5.41, 5.74) is 7.61. The second-order valence-electron chi connectivity index (χ2n) is 12.8. The van der Waals surface area contributed by atoms with Gasteiger partial charge >= 0.3 is 0 Å². The lowest BCUT2D eigenvalue weighted by atomic mass is 9.63. The summed E-state index contributed by atoms with van der Waals surface area (Å²) in [6.07, 6.45) is 6.08. The maximum atomic E-state index is 14.4. The number of allylic oxidation sites excluding steroid dienone is 2. The van der Waals surface area contributed by atoms with Gasteiger partial charge in [-0.15, -0.1) is 0 Å². The van der Waals surface area contributed by atoms with Gasteiger partial charge in [0.1, 0.15) is 17.9 Å². The molecule has 48 heavy (non-hydrogen) atoms. The number of benzene rings is 2. The second kappa shape index (κ2) is 16.8. The predicted molar refractivity (Wildman–Crippen MR) is 181 cm³/mol. The van der Waals surface area contributed by atoms with Crippen LogP contribution in [0.5, 0.6) is 0 Å². The molecule has 3 atom stereocenters. The smallest absolute Gasteiger partial charge is 0.249 e. The van der Waals surface area contributed by atoms with E-state index in [2.05, 4.69) is 21.3 Å². The third-order valence-electron chi connectivity index (χ3n) is 8.59. The van der Waals surface area contributed by atoms with Crippen LogP contribution in [-0.4, -0.2) is 71.5 Å². The minimum absolute atomic E-state index is 0.0301. The van der Waals surface area contributed by atoms with E-state index in [1.165, 1.54) is 24.6 Å². The zero-order valence-corrected chi connectivity index (χ0v) is 28.2. The number of aliphatic hydroxyl groups excluding tert-OH is 1. The quantitative estimate of drug-likeness (QED) is 0.189. The third kappa shape index (κ3) is 9.24. The number of nitrogens with two attached hydrogens (primary N) is 1. The molecule has 0 spiro atoms. The summed E-state index contributed by atoms with van der Waals surface area (Å²) < 4.78 is 34.4. The number of oxazole rings is 1. The first-order valence-electron chi connectivity index (χ1n) is 16.4. The molecule has 1 aromatic heterocycles. The van der Waals surface area contributed by atoms with Crippen molar-refractivity contribution >= 4 is 17.4 Å². The molecule has 3 aromatic rings. The Morgan fingerprint density at radius 3 is 2.35 bits per heavy atom. The van der Waals surface area contributed by atoms with E-state index >= 15 is 0 Å². The zero-order valence-electron chi connectivity index (χ0n) is 28.2. The largest absolute Gasteiger partial charge is 0.445 e. The van der Waals surface area contributed by atoms with E-state index in [1.54, 1.807) is 17.1 Å². The summed E-state index contributed by atoms with van der Waals surface area (Å²) in [6, 6.07) is 11.2. The van der Waals surface area contributed by atoms with Crippen LogP contribution in [0.15, 0.2) is 77.1 Å². The van der Waals surface area contributed by atoms with Crippen LogP contribution in [-0.2, 0) is 29.1 Å². The van der Waals surface area contributed by atoms with Gasteiger partial charge in [0.15, 0.2) is 0 Å². The molecule has 0 aliphatic heterocycles. The Kier molecular flexibility index (Phi) is 12.8. The number of carbonyl (C=O) groups is 2. The number of aliphatic hydroxyl groups is 1. The van der Waals surface area contributed by atoms with Gasteiger partial charge in [0, 0.05) is 55.9 Å². The molecule has 0 radical (unpaired) electrons. The van der Waals surface area contributed by atoms with Gasteiger partial charge in [-0.1, -0.05) is 44.2 Å². The number of hydrogen-bond donors (Lipinski definition) is 3. The molecule has 258 valence electrons. The number of amides is 2. The second-order valence-corrected chi connectivity index (χ2v) is 12.8. The summed E-state index contributed by atoms with van der Waals surface area (Å²) in [5.74, 6) is -3.46. The molecule has 0 saturated heterocycles. The number of nitrogens with zero attached hydrogens (tertiary/aromatic N) is 3. The maximum absolute atomic E-state index is 14.4. The zero-order chi connectivity index (χ0) is 34.8. The molecule has 0 bridgehead atoms. The molecule has 11 heteroatoms. The lowest BCUT2D eigenvalue weighted by molar-refractivity contribution is -0.132. The van der Waals surface area contributed by atoms with Crippen molar-refractivity contribution in [2.24, 2.45) is 17.1 Å². The van der Waals surface area contributed by atoms with Crippen molar-refractivity contribution in [1.82, 2.24) is 20.1 Å². The fourth-order valence-corrected chi connectivity index (χ4v) is 6.54. The van der Waals surface area contributed by atoms with Crippen LogP contribution in [0.1, 0.15) is 55.7 Å². The normalized spacial score (nSPS) is 17.5. The van der Waals surface area contributed by atoms with Crippen LogP contribution >= 0.6 is 0 Å². The Hall–Kier alpha value is -4.19. The first-order chi connectivity index (χ1) is 22.9. The fraction of sp³-hybridized carbons (Fsp3) is 0.432. The highest BCUT2D eigenvalue weighted by atomic mass is 19.1. The van der Waals surface area contributed by atoms with E-state index in [0.29, 0.717) is 30.8 Å². The Balaban J connectivity index is 1.75. The first kappa shape index (κ1) is 36.6. The van der Waals surface area contributed by atoms with E-state index in [-0.39, 0.29) is 36.7 Å². The fourth-order valence-electron chi connectivity index (χ4n) is 6.54. The minimum atomic E-state index is -1.65. The summed E-state index contributed by atoms with van der Waals surface area (Å²) >= 11 is 0. The van der Waals surface area contributed by atoms with Gasteiger partial charge in [-0.2, -0.15) is 0 Å². The summed E-state index contributed by atoms with van der Waals surface area (Å²) in [4.78, 5) is 35.8. The Labute approximate surface area is 281 Å². The van der Waals surface area contributed by atoms with E-state index in [4.69, 9.17) is 10.2 Å². The van der Waals surface area contributed by atoms with E-state index in [9.17, 15) is 23.5 Å². The van der Waals surface area contributed by atoms with Crippen LogP contribution < -0.4 is 11.1 Å². The molecule has 1 aliphatic carbocycles. The van der Waals surface area contributed by atoms with E-state index < -0.39 is 35.0 Å². The van der Waals surface area contributed by atoms with Crippen molar-refractivity contribution in [3.63, 3.8) is 0 Å². The summed E-state index contributed by atoms with van der Waals surface area (Å²) in [6.45, 7) is 6.21. The topological polar surface area (TPSA) is 125 Å². The number of hydrogen-bond acceptors (Lipinski definition) is 7. The molecular formula is C37H47F2N5O4. The highest BCUT2D eigenvalue weighted by molar-refractivity contribution is 6.00. The van der Waals surface area contributed by atoms with Crippen molar-refractivity contribution in [2.75, 3.05) is 33.7 Å². The van der Waals surface area contributed by atoms with Crippen molar-refractivity contribution in [2.45, 2.75) is 58.7 Å². The molecule has 0 saturated carbocycles. The minimum Gasteiger partial charge on any atom is -0.445 e. The van der Waals surface area contributed by atoms with Crippen molar-refractivity contribution in [3.05, 3.63) is 107 Å². The van der Waals surface area contributed by atoms with Gasteiger partial charge in [0.2, 0.25) is 17.7 Å². The highest BCUT2D eigenvalue weighted by Crippen LogP contribution is 2.46. The molecule has 1 unspecified atom stereocenters. The van der Waals surface area contributed by atoms with Crippen LogP contribution in [0, 0.1) is 23.0 Å². The van der Waals surface area contributed by atoms with Crippen LogP contribution in [0.3, 0.4) is 0 Å². The van der Waals surface area contributed by atoms with E-state index in [0.717, 1.165) is 36.6 Å². The van der Waals surface area contributed by atoms with Crippen molar-refractivity contribution < 1.29 is 27.9 Å². The van der Waals surface area contributed by atoms with Crippen LogP contribution in [0.4, 0.5) is 8.78 Å². The lowest BCUT2D eigenvalue weighted by Crippen LogP contribution is -2.51. The average molecular weight is 664 g/mol. The molecule has 2 amide bonds. The van der Waals surface area contributed by atoms with Crippen LogP contribution in [0.25, 0.3) is 5.57 Å². The Morgan fingerprint density at radius 2 is 1.75 bits per heavy atom. The molecule has 2 aromatic carbocycles. The van der Waals surface area contributed by atoms with Crippen LogP contribution in [0.2, 0.25) is 0 Å². The monoisotopic (exact) mass is 663 g/mol. The van der Waals surface area contributed by atoms with Crippen molar-refractivity contribution in [1.29, 1.82) is 0 Å². The molecular weight excluding hydrogens is 616 g/mol. The standard InChI is InChI=1S/C37H47F2N5O4/c1-5-11-44(12-6-2)35(46)29-18-28(34-42-10-13-48-34)20-37(21-29,36(40)47)32(17-27-15-30(38)19-31(39)16-27)33(45)23-41-22-25-8-7-9-26(14-25)24-43(3)4/h7-10,13-16,18-20,32-33,41,45H,5-6,11-12,17,21-24H2,1-4H3,(H2,40,47)/t32-,33+,37?/m1/s1. The number of rotatable bonds is 17. The maximum Gasteiger partial charge on any atom is 0.249 e. The number of nitrogens with one attached hydrogen (secondary N) is 1. The first-order valence-corrected chi connectivity index (χ1v) is 16.4. The molecule has 1 aliphatic rings.